The van der Waals surface area contributed by atoms with Gasteiger partial charge in [0.2, 0.25) is 0 Å². The Kier molecular flexibility index (Phi) is 3.75. The maximum atomic E-state index is 4.12. The zero-order valence-electron chi connectivity index (χ0n) is 11.3. The van der Waals surface area contributed by atoms with Gasteiger partial charge in [0.25, 0.3) is 0 Å². The fourth-order valence-corrected chi connectivity index (χ4v) is 2.35. The summed E-state index contributed by atoms with van der Waals surface area (Å²) in [6.07, 6.45) is 10.7. The van der Waals surface area contributed by atoms with Gasteiger partial charge in [-0.1, -0.05) is 33.1 Å². The van der Waals surface area contributed by atoms with Crippen LogP contribution in [-0.2, 0) is 0 Å². The second kappa shape index (κ2) is 5.30. The van der Waals surface area contributed by atoms with Crippen LogP contribution in [0.5, 0.6) is 0 Å². The maximum absolute atomic E-state index is 4.12. The zero-order chi connectivity index (χ0) is 13.1. The van der Waals surface area contributed by atoms with Crippen LogP contribution in [0.15, 0.2) is 60.3 Å². The summed E-state index contributed by atoms with van der Waals surface area (Å²) in [7, 11) is 0. The van der Waals surface area contributed by atoms with E-state index in [4.69, 9.17) is 0 Å². The minimum Gasteiger partial charge on any atom is -0.365 e. The predicted molar refractivity (Wildman–Crippen MR) is 77.4 cm³/mol. The van der Waals surface area contributed by atoms with Crippen molar-refractivity contribution in [3.05, 3.63) is 60.3 Å². The molecule has 0 aromatic rings. The minimum atomic E-state index is 0.385. The fourth-order valence-electron chi connectivity index (χ4n) is 2.35. The first kappa shape index (κ1) is 12.7. The molecule has 1 saturated heterocycles. The van der Waals surface area contributed by atoms with E-state index in [9.17, 15) is 0 Å². The van der Waals surface area contributed by atoms with Crippen molar-refractivity contribution in [1.82, 2.24) is 10.6 Å². The van der Waals surface area contributed by atoms with Gasteiger partial charge in [-0.05, 0) is 36.5 Å². The Hall–Kier alpha value is -1.70. The van der Waals surface area contributed by atoms with Gasteiger partial charge in [-0.15, -0.1) is 0 Å². The molecule has 2 N–H and O–H groups in total. The number of nitrogens with one attached hydrogen (secondary N) is 2. The van der Waals surface area contributed by atoms with Gasteiger partial charge in [-0.2, -0.15) is 0 Å². The van der Waals surface area contributed by atoms with Crippen LogP contribution >= 0.6 is 0 Å². The first-order valence-corrected chi connectivity index (χ1v) is 6.56. The molecule has 0 aromatic carbocycles. The summed E-state index contributed by atoms with van der Waals surface area (Å²) in [6.45, 7) is 12.5. The molecular formula is C16H22N2. The lowest BCUT2D eigenvalue weighted by Gasteiger charge is -2.28. The molecule has 1 unspecified atom stereocenters. The Balaban J connectivity index is 2.18. The third kappa shape index (κ3) is 2.76. The van der Waals surface area contributed by atoms with Crippen molar-refractivity contribution in [3.8, 4) is 0 Å². The molecule has 0 radical (unpaired) electrons. The highest BCUT2D eigenvalue weighted by Crippen LogP contribution is 2.30. The van der Waals surface area contributed by atoms with Gasteiger partial charge in [0.15, 0.2) is 0 Å². The van der Waals surface area contributed by atoms with Crippen molar-refractivity contribution in [1.29, 1.82) is 0 Å². The Morgan fingerprint density at radius 1 is 1.28 bits per heavy atom. The quantitative estimate of drug-likeness (QED) is 0.773. The van der Waals surface area contributed by atoms with Gasteiger partial charge in [-0.3, -0.25) is 0 Å². The summed E-state index contributed by atoms with van der Waals surface area (Å²) in [5.41, 5.74) is 4.69. The predicted octanol–water partition coefficient (Wildman–Crippen LogP) is 3.60. The largest absolute Gasteiger partial charge is 0.365 e. The van der Waals surface area contributed by atoms with Crippen molar-refractivity contribution >= 4 is 0 Å². The molecule has 1 fully saturated rings. The third-order valence-corrected chi connectivity index (χ3v) is 3.50. The van der Waals surface area contributed by atoms with Crippen LogP contribution < -0.4 is 10.6 Å². The average molecular weight is 242 g/mol. The van der Waals surface area contributed by atoms with Crippen molar-refractivity contribution in [3.63, 3.8) is 0 Å². The molecule has 2 nitrogen and oxygen atoms in total. The van der Waals surface area contributed by atoms with Crippen molar-refractivity contribution in [2.45, 2.75) is 26.7 Å². The molecule has 1 atom stereocenters. The van der Waals surface area contributed by atoms with E-state index >= 15 is 0 Å². The summed E-state index contributed by atoms with van der Waals surface area (Å²) in [6, 6.07) is 0. The van der Waals surface area contributed by atoms with Crippen LogP contribution in [0.3, 0.4) is 0 Å². The topological polar surface area (TPSA) is 24.1 Å². The van der Waals surface area contributed by atoms with E-state index in [0.29, 0.717) is 11.8 Å². The third-order valence-electron chi connectivity index (χ3n) is 3.50. The van der Waals surface area contributed by atoms with Crippen LogP contribution in [0.4, 0.5) is 0 Å². The number of hydrogen-bond acceptors (Lipinski definition) is 2. The van der Waals surface area contributed by atoms with Gasteiger partial charge < -0.3 is 10.6 Å². The molecule has 0 amide bonds. The van der Waals surface area contributed by atoms with Crippen LogP contribution in [0.25, 0.3) is 0 Å². The van der Waals surface area contributed by atoms with Crippen LogP contribution in [0.1, 0.15) is 26.7 Å². The molecule has 0 spiro atoms. The molecule has 0 aromatic heterocycles. The Bertz CT molecular complexity index is 450. The molecule has 96 valence electrons. The van der Waals surface area contributed by atoms with Crippen LogP contribution in [-0.4, -0.2) is 0 Å². The monoisotopic (exact) mass is 242 g/mol. The van der Waals surface area contributed by atoms with E-state index in [2.05, 4.69) is 55.9 Å². The Morgan fingerprint density at radius 2 is 2.06 bits per heavy atom. The lowest BCUT2D eigenvalue weighted by Crippen LogP contribution is -2.25. The Morgan fingerprint density at radius 3 is 2.72 bits per heavy atom. The van der Waals surface area contributed by atoms with Gasteiger partial charge in [0.05, 0.1) is 0 Å². The molecule has 0 bridgehead atoms. The SMILES string of the molecule is C=C1CCC(C2=CC=C(C(C)C)NC=C2)C(=C)N1. The fraction of sp³-hybridized carbons (Fsp3) is 0.375. The number of hydrogen-bond donors (Lipinski definition) is 2. The highest BCUT2D eigenvalue weighted by Gasteiger charge is 2.21. The molecular weight excluding hydrogens is 220 g/mol. The van der Waals surface area contributed by atoms with E-state index in [0.717, 1.165) is 24.2 Å². The van der Waals surface area contributed by atoms with E-state index in [-0.39, 0.29) is 0 Å². The summed E-state index contributed by atoms with van der Waals surface area (Å²) in [5.74, 6) is 0.897. The van der Waals surface area contributed by atoms with Crippen molar-refractivity contribution in [2.24, 2.45) is 11.8 Å². The van der Waals surface area contributed by atoms with E-state index in [1.165, 1.54) is 11.3 Å². The Labute approximate surface area is 110 Å². The lowest BCUT2D eigenvalue weighted by atomic mass is 9.87. The average Bonchev–Trinajstić information content (AvgIpc) is 2.54. The standard InChI is InChI=1S/C16H22N2/c1-11(2)16-8-6-14(9-10-17-16)15-7-5-12(3)18-13(15)4/h6,8-11,15,17-18H,3-5,7H2,1-2H3. The van der Waals surface area contributed by atoms with E-state index in [1.807, 2.05) is 6.20 Å². The molecule has 2 heterocycles. The molecule has 2 aliphatic rings. The first-order valence-electron chi connectivity index (χ1n) is 6.56. The summed E-state index contributed by atoms with van der Waals surface area (Å²) < 4.78 is 0. The van der Waals surface area contributed by atoms with Gasteiger partial charge in [-0.25, -0.2) is 0 Å². The van der Waals surface area contributed by atoms with E-state index in [1.54, 1.807) is 0 Å². The lowest BCUT2D eigenvalue weighted by molar-refractivity contribution is 0.552. The van der Waals surface area contributed by atoms with Crippen molar-refractivity contribution in [2.75, 3.05) is 0 Å². The highest BCUT2D eigenvalue weighted by molar-refractivity contribution is 5.37. The second-order valence-electron chi connectivity index (χ2n) is 5.27. The summed E-state index contributed by atoms with van der Waals surface area (Å²) in [5, 5.41) is 6.61. The number of rotatable bonds is 2. The molecule has 2 aliphatic heterocycles. The first-order chi connectivity index (χ1) is 8.58. The normalized spacial score (nSPS) is 24.1. The van der Waals surface area contributed by atoms with Crippen LogP contribution in [0, 0.1) is 11.8 Å². The van der Waals surface area contributed by atoms with Gasteiger partial charge >= 0.3 is 0 Å². The summed E-state index contributed by atoms with van der Waals surface area (Å²) in [4.78, 5) is 0. The molecule has 18 heavy (non-hydrogen) atoms. The molecule has 2 heteroatoms. The summed E-state index contributed by atoms with van der Waals surface area (Å²) >= 11 is 0. The number of piperidine rings is 1. The smallest absolute Gasteiger partial charge is 0.0239 e. The second-order valence-corrected chi connectivity index (χ2v) is 5.27. The van der Waals surface area contributed by atoms with Crippen LogP contribution in [0.2, 0.25) is 0 Å². The molecule has 2 rings (SSSR count). The molecule has 0 aliphatic carbocycles. The molecule has 0 saturated carbocycles. The van der Waals surface area contributed by atoms with Gasteiger partial charge in [0, 0.05) is 29.2 Å². The zero-order valence-corrected chi connectivity index (χ0v) is 11.3. The maximum Gasteiger partial charge on any atom is 0.0239 e. The minimum absolute atomic E-state index is 0.385. The number of allylic oxidation sites excluding steroid dienone is 6. The van der Waals surface area contributed by atoms with E-state index < -0.39 is 0 Å². The van der Waals surface area contributed by atoms with Crippen molar-refractivity contribution < 1.29 is 0 Å². The highest BCUT2D eigenvalue weighted by atomic mass is 14.9. The van der Waals surface area contributed by atoms with Gasteiger partial charge in [0.1, 0.15) is 0 Å².